The molecular formula is C79H130O16P2. The quantitative estimate of drug-likeness (QED) is 0.0146. The van der Waals surface area contributed by atoms with Gasteiger partial charge in [-0.2, -0.15) is 0 Å². The summed E-state index contributed by atoms with van der Waals surface area (Å²) in [5.74, 6) is -1.64. The van der Waals surface area contributed by atoms with E-state index >= 15 is 0 Å². The molecule has 0 radical (unpaired) electrons. The van der Waals surface area contributed by atoms with Gasteiger partial charge in [-0.25, -0.2) is 9.13 Å². The van der Waals surface area contributed by atoms with Gasteiger partial charge >= 0.3 is 33.6 Å². The van der Waals surface area contributed by atoms with E-state index in [0.29, 0.717) is 19.3 Å². The van der Waals surface area contributed by atoms with Crippen LogP contribution in [0.3, 0.4) is 0 Å². The molecule has 0 heterocycles. The fourth-order valence-corrected chi connectivity index (χ4v) is 10.7. The number of carbonyl (C=O) groups is 3. The van der Waals surface area contributed by atoms with Crippen molar-refractivity contribution in [1.29, 1.82) is 0 Å². The number of phosphoric acid groups is 2. The highest BCUT2D eigenvalue weighted by Crippen LogP contribution is 2.45. The van der Waals surface area contributed by atoms with Crippen molar-refractivity contribution in [2.24, 2.45) is 0 Å². The average molecular weight is 1400 g/mol. The Labute approximate surface area is 587 Å². The number of hydrogen-bond acceptors (Lipinski definition) is 14. The summed E-state index contributed by atoms with van der Waals surface area (Å²) < 4.78 is 61.0. The highest BCUT2D eigenvalue weighted by molar-refractivity contribution is 7.47. The molecular weight excluding hydrogens is 1270 g/mol. The van der Waals surface area contributed by atoms with Crippen LogP contribution < -0.4 is 0 Å². The molecule has 4 N–H and O–H groups in total. The maximum absolute atomic E-state index is 13.0. The molecule has 0 aromatic carbocycles. The molecule has 0 aliphatic heterocycles. The highest BCUT2D eigenvalue weighted by atomic mass is 31.2. The van der Waals surface area contributed by atoms with E-state index in [-0.39, 0.29) is 19.3 Å². The predicted octanol–water partition coefficient (Wildman–Crippen LogP) is 21.1. The van der Waals surface area contributed by atoms with E-state index in [1.807, 2.05) is 0 Å². The summed E-state index contributed by atoms with van der Waals surface area (Å²) in [6.45, 7) is 2.34. The predicted molar refractivity (Wildman–Crippen MR) is 399 cm³/mol. The first-order chi connectivity index (χ1) is 47.2. The molecule has 0 aliphatic rings. The minimum Gasteiger partial charge on any atom is -0.463 e. The summed E-state index contributed by atoms with van der Waals surface area (Å²) >= 11 is 0. The van der Waals surface area contributed by atoms with E-state index in [2.05, 4.69) is 179 Å². The maximum Gasteiger partial charge on any atom is 0.472 e. The van der Waals surface area contributed by atoms with Crippen LogP contribution in [-0.2, 0) is 55.8 Å². The molecule has 97 heavy (non-hydrogen) atoms. The smallest absolute Gasteiger partial charge is 0.463 e. The number of esters is 3. The third-order valence-corrected chi connectivity index (χ3v) is 16.6. The van der Waals surface area contributed by atoms with Crippen molar-refractivity contribution >= 4 is 33.6 Å². The summed E-state index contributed by atoms with van der Waals surface area (Å²) in [5, 5.41) is 20.6. The molecule has 0 saturated heterocycles. The molecule has 0 amide bonds. The van der Waals surface area contributed by atoms with Crippen molar-refractivity contribution in [3.05, 3.63) is 158 Å². The molecule has 18 heteroatoms. The Kier molecular flexibility index (Phi) is 67.5. The van der Waals surface area contributed by atoms with Crippen LogP contribution in [0.1, 0.15) is 265 Å². The van der Waals surface area contributed by atoms with E-state index in [1.54, 1.807) is 0 Å². The Morgan fingerprint density at radius 3 is 0.866 bits per heavy atom. The molecule has 0 spiro atoms. The van der Waals surface area contributed by atoms with Crippen molar-refractivity contribution in [2.75, 3.05) is 39.6 Å². The Morgan fingerprint density at radius 1 is 0.299 bits per heavy atom. The maximum atomic E-state index is 13.0. The number of carbonyl (C=O) groups excluding carboxylic acids is 3. The minimum atomic E-state index is -4.94. The van der Waals surface area contributed by atoms with Gasteiger partial charge in [0.1, 0.15) is 25.4 Å². The first-order valence-electron chi connectivity index (χ1n) is 36.8. The van der Waals surface area contributed by atoms with Crippen LogP contribution >= 0.6 is 15.6 Å². The summed E-state index contributed by atoms with van der Waals surface area (Å²) in [6.07, 6.45) is 87.0. The van der Waals surface area contributed by atoms with Gasteiger partial charge in [-0.15, -0.1) is 0 Å². The van der Waals surface area contributed by atoms with Crippen molar-refractivity contribution in [3.8, 4) is 0 Å². The molecule has 552 valence electrons. The number of aliphatic hydroxyl groups is 2. The molecule has 5 atom stereocenters. The van der Waals surface area contributed by atoms with E-state index in [9.17, 15) is 43.5 Å². The molecule has 0 aromatic heterocycles. The van der Waals surface area contributed by atoms with Crippen LogP contribution in [-0.4, -0.2) is 95.9 Å². The monoisotopic (exact) mass is 1400 g/mol. The number of phosphoric ester groups is 2. The molecule has 0 aromatic rings. The normalized spacial score (nSPS) is 15.0. The van der Waals surface area contributed by atoms with Crippen LogP contribution in [0.4, 0.5) is 0 Å². The number of ether oxygens (including phenoxy) is 3. The topological polar surface area (TPSA) is 231 Å². The molecule has 0 saturated carbocycles. The molecule has 16 nitrogen and oxygen atoms in total. The summed E-state index contributed by atoms with van der Waals surface area (Å²) in [6, 6.07) is 0. The number of unbranched alkanes of at least 4 members (excludes halogenated alkanes) is 19. The lowest BCUT2D eigenvalue weighted by molar-refractivity contribution is -0.161. The van der Waals surface area contributed by atoms with Crippen molar-refractivity contribution in [3.63, 3.8) is 0 Å². The zero-order valence-electron chi connectivity index (χ0n) is 59.9. The first kappa shape index (κ1) is 92.2. The Morgan fingerprint density at radius 2 is 0.546 bits per heavy atom. The Balaban J connectivity index is 4.73. The van der Waals surface area contributed by atoms with Gasteiger partial charge in [-0.1, -0.05) is 256 Å². The minimum absolute atomic E-state index is 0.0828. The van der Waals surface area contributed by atoms with Crippen LogP contribution in [0.5, 0.6) is 0 Å². The fraction of sp³-hybridized carbons (Fsp3) is 0.633. The lowest BCUT2D eigenvalue weighted by atomic mass is 10.1. The van der Waals surface area contributed by atoms with Gasteiger partial charge < -0.3 is 34.2 Å². The van der Waals surface area contributed by atoms with Gasteiger partial charge in [0.2, 0.25) is 0 Å². The second-order valence-corrected chi connectivity index (χ2v) is 26.9. The second kappa shape index (κ2) is 71.0. The van der Waals surface area contributed by atoms with Crippen molar-refractivity contribution in [2.45, 2.75) is 283 Å². The van der Waals surface area contributed by atoms with Crippen LogP contribution in [0.15, 0.2) is 158 Å². The van der Waals surface area contributed by atoms with E-state index < -0.39 is 91.5 Å². The Bertz CT molecular complexity index is 2400. The van der Waals surface area contributed by atoms with Gasteiger partial charge in [0.15, 0.2) is 6.10 Å². The number of aliphatic hydroxyl groups excluding tert-OH is 2. The standard InChI is InChI=1S/C79H130O16P2/c1-4-7-10-13-16-19-22-25-28-31-33-35-36-38-40-42-44-47-50-53-56-59-62-65-77(82)89-68-74(80)69-91-96(85,86)92-70-75(81)71-93-97(87,88)94-73-76(95-79(84)67-64-61-58-55-52-49-46-41-30-27-24-21-18-15-12-9-6-3)72-90-78(83)66-63-60-57-54-51-48-45-43-39-37-34-32-29-26-23-20-17-14-11-8-5-2/h7,9-10,12,16-21,25-30,33-35,37-38,40,43-45,47,74-76,80-81H,4-6,8,11,13-15,22-24,31-32,36,39,41-42,46,48-73H2,1-3H3,(H,85,86)(H,87,88)/b10-7-,12-9-,19-16-,20-17-,21-18-,28-25-,29-26-,30-27-,35-33-,37-34-,40-38-,45-43-,47-44-. The van der Waals surface area contributed by atoms with E-state index in [4.69, 9.17) is 32.3 Å². The van der Waals surface area contributed by atoms with Crippen molar-refractivity contribution in [1.82, 2.24) is 0 Å². The molecule has 0 bridgehead atoms. The number of rotatable bonds is 68. The average Bonchev–Trinajstić information content (AvgIpc) is 3.63. The zero-order valence-corrected chi connectivity index (χ0v) is 61.7. The molecule has 0 aliphatic carbocycles. The zero-order chi connectivity index (χ0) is 70.9. The third-order valence-electron chi connectivity index (χ3n) is 14.7. The molecule has 0 rings (SSSR count). The summed E-state index contributed by atoms with van der Waals surface area (Å²) in [7, 11) is -9.81. The van der Waals surface area contributed by atoms with Crippen molar-refractivity contribution < 1.29 is 75.8 Å². The number of hydrogen-bond donors (Lipinski definition) is 4. The number of allylic oxidation sites excluding steroid dienone is 26. The lowest BCUT2D eigenvalue weighted by Crippen LogP contribution is -2.30. The van der Waals surface area contributed by atoms with Crippen LogP contribution in [0.2, 0.25) is 0 Å². The molecule has 5 unspecified atom stereocenters. The highest BCUT2D eigenvalue weighted by Gasteiger charge is 2.29. The fourth-order valence-electron chi connectivity index (χ4n) is 9.16. The largest absolute Gasteiger partial charge is 0.472 e. The first-order valence-corrected chi connectivity index (χ1v) is 39.8. The SMILES string of the molecule is CC/C=C\C/C=C\C/C=C\C/C=C\C/C=C\C/C=C\CCCCCCC(=O)OCC(O)COP(=O)(O)OCC(O)COP(=O)(O)OCC(COC(=O)CCCCCCC/C=C\C/C=C\C/C=C\C/C=C\CCCCC)OC(=O)CCCCCCCCC/C=C\C/C=C\C/C=C\CC. The second-order valence-electron chi connectivity index (χ2n) is 24.0. The van der Waals surface area contributed by atoms with Gasteiger partial charge in [0.05, 0.1) is 26.4 Å². The Hall–Kier alpha value is -4.83. The van der Waals surface area contributed by atoms with Gasteiger partial charge in [0.25, 0.3) is 0 Å². The van der Waals surface area contributed by atoms with E-state index in [1.165, 1.54) is 25.7 Å². The van der Waals surface area contributed by atoms with E-state index in [0.717, 1.165) is 180 Å². The van der Waals surface area contributed by atoms with Crippen LogP contribution in [0, 0.1) is 0 Å². The third kappa shape index (κ3) is 72.2. The van der Waals surface area contributed by atoms with Gasteiger partial charge in [0, 0.05) is 19.3 Å². The molecule has 0 fully saturated rings. The van der Waals surface area contributed by atoms with Gasteiger partial charge in [-0.05, 0) is 148 Å². The van der Waals surface area contributed by atoms with Crippen LogP contribution in [0.25, 0.3) is 0 Å². The summed E-state index contributed by atoms with van der Waals surface area (Å²) in [5.41, 5.74) is 0. The lowest BCUT2D eigenvalue weighted by Gasteiger charge is -2.21. The summed E-state index contributed by atoms with van der Waals surface area (Å²) in [4.78, 5) is 58.6. The van der Waals surface area contributed by atoms with Gasteiger partial charge in [-0.3, -0.25) is 32.5 Å².